The van der Waals surface area contributed by atoms with Crippen molar-refractivity contribution in [3.8, 4) is 5.69 Å². The number of para-hydroxylation sites is 2. The topological polar surface area (TPSA) is 46.5 Å². The molecule has 1 atom stereocenters. The standard InChI is InChI=1S/C18H21N3O2/c22-18(23-17-13-20-11-7-14(17)8-12-20)19-15-5-1-2-6-16(15)21-9-3-4-10-21/h1-6,9-10,14,17H,7-8,11-13H2,(H,19,22). The third-order valence-electron chi connectivity index (χ3n) is 4.88. The number of hydrogen-bond donors (Lipinski definition) is 1. The van der Waals surface area contributed by atoms with Gasteiger partial charge < -0.3 is 9.30 Å². The minimum absolute atomic E-state index is 0.0243. The van der Waals surface area contributed by atoms with Crippen LogP contribution in [0.25, 0.3) is 5.69 Å². The Morgan fingerprint density at radius 2 is 1.83 bits per heavy atom. The molecule has 3 aliphatic rings. The van der Waals surface area contributed by atoms with Gasteiger partial charge in [-0.2, -0.15) is 0 Å². The summed E-state index contributed by atoms with van der Waals surface area (Å²) in [4.78, 5) is 14.7. The molecule has 2 bridgehead atoms. The second-order valence-electron chi connectivity index (χ2n) is 6.31. The monoisotopic (exact) mass is 311 g/mol. The molecule has 0 saturated carbocycles. The number of nitrogens with zero attached hydrogens (tertiary/aromatic N) is 2. The Morgan fingerprint density at radius 1 is 1.09 bits per heavy atom. The van der Waals surface area contributed by atoms with Crippen molar-refractivity contribution in [2.75, 3.05) is 25.0 Å². The quantitative estimate of drug-likeness (QED) is 0.947. The van der Waals surface area contributed by atoms with Crippen LogP contribution in [0.2, 0.25) is 0 Å². The van der Waals surface area contributed by atoms with E-state index in [1.165, 1.54) is 0 Å². The van der Waals surface area contributed by atoms with Gasteiger partial charge in [-0.15, -0.1) is 0 Å². The van der Waals surface area contributed by atoms with E-state index in [2.05, 4.69) is 10.2 Å². The number of fused-ring (bicyclic) bond motifs is 3. The van der Waals surface area contributed by atoms with Gasteiger partial charge in [-0.05, 0) is 56.1 Å². The molecule has 2 aromatic rings. The predicted octanol–water partition coefficient (Wildman–Crippen LogP) is 3.12. The van der Waals surface area contributed by atoms with Crippen LogP contribution in [0.5, 0.6) is 0 Å². The molecule has 1 aromatic carbocycles. The van der Waals surface area contributed by atoms with Crippen molar-refractivity contribution in [2.24, 2.45) is 5.92 Å². The number of anilines is 1. The highest BCUT2D eigenvalue weighted by atomic mass is 16.6. The molecular weight excluding hydrogens is 290 g/mol. The molecule has 1 unspecified atom stereocenters. The lowest BCUT2D eigenvalue weighted by atomic mass is 9.86. The molecule has 0 radical (unpaired) electrons. The second-order valence-corrected chi connectivity index (χ2v) is 6.31. The first-order chi connectivity index (χ1) is 11.3. The highest BCUT2D eigenvalue weighted by Gasteiger charge is 2.36. The fourth-order valence-electron chi connectivity index (χ4n) is 3.62. The Hall–Kier alpha value is -2.27. The summed E-state index contributed by atoms with van der Waals surface area (Å²) >= 11 is 0. The van der Waals surface area contributed by atoms with E-state index in [-0.39, 0.29) is 12.2 Å². The van der Waals surface area contributed by atoms with Crippen molar-refractivity contribution in [1.82, 2.24) is 9.47 Å². The van der Waals surface area contributed by atoms with E-state index < -0.39 is 0 Å². The van der Waals surface area contributed by atoms with Gasteiger partial charge in [-0.25, -0.2) is 4.79 Å². The molecule has 5 nitrogen and oxygen atoms in total. The maximum atomic E-state index is 12.3. The SMILES string of the molecule is O=C(Nc1ccccc1-n1cccc1)OC1CN2CCC1CC2. The summed E-state index contributed by atoms with van der Waals surface area (Å²) in [6, 6.07) is 11.7. The zero-order valence-corrected chi connectivity index (χ0v) is 13.0. The van der Waals surface area contributed by atoms with E-state index >= 15 is 0 Å². The van der Waals surface area contributed by atoms with Crippen LogP contribution >= 0.6 is 0 Å². The molecule has 5 heteroatoms. The number of carbonyl (C=O) groups is 1. The largest absolute Gasteiger partial charge is 0.444 e. The van der Waals surface area contributed by atoms with Crippen LogP contribution in [0.15, 0.2) is 48.8 Å². The van der Waals surface area contributed by atoms with Crippen molar-refractivity contribution >= 4 is 11.8 Å². The van der Waals surface area contributed by atoms with Gasteiger partial charge in [0, 0.05) is 18.9 Å². The molecule has 120 valence electrons. The number of ether oxygens (including phenoxy) is 1. The number of piperidine rings is 3. The summed E-state index contributed by atoms with van der Waals surface area (Å²) in [5, 5.41) is 2.91. The summed E-state index contributed by atoms with van der Waals surface area (Å²) in [5.74, 6) is 0.519. The predicted molar refractivity (Wildman–Crippen MR) is 88.8 cm³/mol. The van der Waals surface area contributed by atoms with Crippen molar-refractivity contribution in [2.45, 2.75) is 18.9 Å². The van der Waals surface area contributed by atoms with Gasteiger partial charge >= 0.3 is 6.09 Å². The molecule has 5 rings (SSSR count). The molecule has 1 aromatic heterocycles. The van der Waals surface area contributed by atoms with Gasteiger partial charge in [0.1, 0.15) is 6.10 Å². The summed E-state index contributed by atoms with van der Waals surface area (Å²) in [7, 11) is 0. The molecule has 3 fully saturated rings. The number of benzene rings is 1. The molecule has 0 spiro atoms. The summed E-state index contributed by atoms with van der Waals surface area (Å²) < 4.78 is 7.68. The third kappa shape index (κ3) is 2.97. The van der Waals surface area contributed by atoms with E-state index in [1.807, 2.05) is 53.4 Å². The Morgan fingerprint density at radius 3 is 2.52 bits per heavy atom. The molecule has 3 saturated heterocycles. The van der Waals surface area contributed by atoms with Gasteiger partial charge in [-0.1, -0.05) is 12.1 Å². The number of amides is 1. The Bertz CT molecular complexity index is 675. The molecule has 4 heterocycles. The normalized spacial score (nSPS) is 26.0. The van der Waals surface area contributed by atoms with Crippen molar-refractivity contribution in [3.05, 3.63) is 48.8 Å². The average molecular weight is 311 g/mol. The lowest BCUT2D eigenvalue weighted by molar-refractivity contribution is -0.0289. The fourth-order valence-corrected chi connectivity index (χ4v) is 3.62. The Kier molecular flexibility index (Phi) is 3.79. The molecule has 1 amide bonds. The number of carbonyl (C=O) groups excluding carboxylic acids is 1. The van der Waals surface area contributed by atoms with Gasteiger partial charge in [0.25, 0.3) is 0 Å². The summed E-state index contributed by atoms with van der Waals surface area (Å²) in [6.45, 7) is 3.16. The van der Waals surface area contributed by atoms with E-state index in [9.17, 15) is 4.79 Å². The van der Waals surface area contributed by atoms with Crippen LogP contribution in [0.3, 0.4) is 0 Å². The first kappa shape index (κ1) is 14.3. The zero-order valence-electron chi connectivity index (χ0n) is 13.0. The molecule has 0 aliphatic carbocycles. The number of rotatable bonds is 3. The summed E-state index contributed by atoms with van der Waals surface area (Å²) in [6.07, 6.45) is 5.86. The minimum atomic E-state index is -0.358. The van der Waals surface area contributed by atoms with Crippen LogP contribution in [-0.4, -0.2) is 41.3 Å². The van der Waals surface area contributed by atoms with E-state index in [0.717, 1.165) is 43.9 Å². The maximum absolute atomic E-state index is 12.3. The van der Waals surface area contributed by atoms with Crippen LogP contribution in [-0.2, 0) is 4.74 Å². The molecular formula is C18H21N3O2. The maximum Gasteiger partial charge on any atom is 0.412 e. The molecule has 1 N–H and O–H groups in total. The van der Waals surface area contributed by atoms with Crippen molar-refractivity contribution in [1.29, 1.82) is 0 Å². The number of nitrogens with one attached hydrogen (secondary N) is 1. The van der Waals surface area contributed by atoms with E-state index in [4.69, 9.17) is 4.74 Å². The zero-order chi connectivity index (χ0) is 15.6. The highest BCUT2D eigenvalue weighted by molar-refractivity contribution is 5.87. The first-order valence-electron chi connectivity index (χ1n) is 8.22. The number of hydrogen-bond acceptors (Lipinski definition) is 3. The first-order valence-corrected chi connectivity index (χ1v) is 8.22. The smallest absolute Gasteiger partial charge is 0.412 e. The number of aromatic nitrogens is 1. The van der Waals surface area contributed by atoms with Crippen LogP contribution in [0, 0.1) is 5.92 Å². The summed E-state index contributed by atoms with van der Waals surface area (Å²) in [5.41, 5.74) is 1.69. The molecule has 23 heavy (non-hydrogen) atoms. The Labute approximate surface area is 135 Å². The van der Waals surface area contributed by atoms with Gasteiger partial charge in [-0.3, -0.25) is 10.2 Å². The fraction of sp³-hybridized carbons (Fsp3) is 0.389. The van der Waals surface area contributed by atoms with Crippen molar-refractivity contribution < 1.29 is 9.53 Å². The second kappa shape index (κ2) is 6.08. The van der Waals surface area contributed by atoms with Gasteiger partial charge in [0.05, 0.1) is 11.4 Å². The van der Waals surface area contributed by atoms with Crippen LogP contribution < -0.4 is 5.32 Å². The van der Waals surface area contributed by atoms with Crippen LogP contribution in [0.1, 0.15) is 12.8 Å². The average Bonchev–Trinajstić information content (AvgIpc) is 3.11. The third-order valence-corrected chi connectivity index (χ3v) is 4.88. The molecule has 3 aliphatic heterocycles. The van der Waals surface area contributed by atoms with E-state index in [0.29, 0.717) is 5.92 Å². The lowest BCUT2D eigenvalue weighted by Gasteiger charge is -2.43. The Balaban J connectivity index is 1.45. The highest BCUT2D eigenvalue weighted by Crippen LogP contribution is 2.30. The van der Waals surface area contributed by atoms with Gasteiger partial charge in [0.2, 0.25) is 0 Å². The van der Waals surface area contributed by atoms with Crippen LogP contribution in [0.4, 0.5) is 10.5 Å². The minimum Gasteiger partial charge on any atom is -0.444 e. The lowest BCUT2D eigenvalue weighted by Crippen LogP contribution is -2.52. The van der Waals surface area contributed by atoms with Crippen molar-refractivity contribution in [3.63, 3.8) is 0 Å². The van der Waals surface area contributed by atoms with Gasteiger partial charge in [0.15, 0.2) is 0 Å². The van der Waals surface area contributed by atoms with E-state index in [1.54, 1.807) is 0 Å².